The standard InChI is InChI=1S/C14H16ClN3O2S/c1-7-16-13(11(15)14(20)17-7)18-12(8-5-9(19)6-8)10-3-2-4-21-10/h2-4,8-9,12,19H,5-6H2,1H3,(H2,16,17,18,20)/t8?,9?,12-/m0/s1. The van der Waals surface area contributed by atoms with Gasteiger partial charge in [-0.1, -0.05) is 17.7 Å². The van der Waals surface area contributed by atoms with E-state index in [0.717, 1.165) is 17.7 Å². The molecule has 1 aliphatic rings. The minimum Gasteiger partial charge on any atom is -0.393 e. The van der Waals surface area contributed by atoms with Crippen LogP contribution in [0.3, 0.4) is 0 Å². The van der Waals surface area contributed by atoms with Gasteiger partial charge >= 0.3 is 0 Å². The lowest BCUT2D eigenvalue weighted by Gasteiger charge is -2.38. The van der Waals surface area contributed by atoms with Gasteiger partial charge in [0.2, 0.25) is 0 Å². The quantitative estimate of drug-likeness (QED) is 0.807. The summed E-state index contributed by atoms with van der Waals surface area (Å²) in [5.74, 6) is 1.24. The molecule has 112 valence electrons. The number of H-pyrrole nitrogens is 1. The maximum Gasteiger partial charge on any atom is 0.271 e. The third-order valence-corrected chi connectivity index (χ3v) is 5.05. The minimum absolute atomic E-state index is 0.0135. The van der Waals surface area contributed by atoms with Crippen molar-refractivity contribution in [1.82, 2.24) is 9.97 Å². The number of hydrogen-bond acceptors (Lipinski definition) is 5. The molecule has 1 atom stereocenters. The number of anilines is 1. The fraction of sp³-hybridized carbons (Fsp3) is 0.429. The summed E-state index contributed by atoms with van der Waals surface area (Å²) in [6, 6.07) is 4.04. The van der Waals surface area contributed by atoms with Crippen LogP contribution in [0.5, 0.6) is 0 Å². The van der Waals surface area contributed by atoms with E-state index in [1.54, 1.807) is 18.3 Å². The molecule has 5 nitrogen and oxygen atoms in total. The molecule has 3 N–H and O–H groups in total. The second-order valence-electron chi connectivity index (χ2n) is 5.34. The highest BCUT2D eigenvalue weighted by Crippen LogP contribution is 2.41. The van der Waals surface area contributed by atoms with Gasteiger partial charge in [0.05, 0.1) is 12.1 Å². The van der Waals surface area contributed by atoms with Gasteiger partial charge in [-0.15, -0.1) is 11.3 Å². The Hall–Kier alpha value is -1.37. The van der Waals surface area contributed by atoms with Gasteiger partial charge in [-0.05, 0) is 37.1 Å². The molecule has 2 heterocycles. The fourth-order valence-electron chi connectivity index (χ4n) is 2.61. The van der Waals surface area contributed by atoms with Crippen molar-refractivity contribution in [1.29, 1.82) is 0 Å². The van der Waals surface area contributed by atoms with Crippen LogP contribution >= 0.6 is 22.9 Å². The summed E-state index contributed by atoms with van der Waals surface area (Å²) in [6.07, 6.45) is 1.26. The zero-order valence-electron chi connectivity index (χ0n) is 11.5. The SMILES string of the molecule is Cc1nc(N[C@H](c2cccs2)C2CC(O)C2)c(Cl)c(=O)[nH]1. The maximum atomic E-state index is 11.7. The lowest BCUT2D eigenvalue weighted by atomic mass is 9.77. The van der Waals surface area contributed by atoms with Crippen LogP contribution in [0.15, 0.2) is 22.3 Å². The third kappa shape index (κ3) is 2.97. The lowest BCUT2D eigenvalue weighted by molar-refractivity contribution is 0.0344. The van der Waals surface area contributed by atoms with Crippen LogP contribution in [0.25, 0.3) is 0 Å². The zero-order chi connectivity index (χ0) is 15.0. The van der Waals surface area contributed by atoms with Crippen LogP contribution in [0.1, 0.15) is 29.6 Å². The number of aryl methyl sites for hydroxylation is 1. The molecule has 0 amide bonds. The Kier molecular flexibility index (Phi) is 4.01. The normalized spacial score (nSPS) is 22.6. The number of aromatic amines is 1. The second kappa shape index (κ2) is 5.79. The van der Waals surface area contributed by atoms with E-state index in [-0.39, 0.29) is 22.7 Å². The molecule has 1 fully saturated rings. The Morgan fingerprint density at radius 1 is 1.57 bits per heavy atom. The van der Waals surface area contributed by atoms with Crippen molar-refractivity contribution in [3.63, 3.8) is 0 Å². The number of nitrogens with zero attached hydrogens (tertiary/aromatic N) is 1. The lowest BCUT2D eigenvalue weighted by Crippen LogP contribution is -2.36. The fourth-order valence-corrected chi connectivity index (χ4v) is 3.62. The molecule has 2 aromatic heterocycles. The highest BCUT2D eigenvalue weighted by atomic mass is 35.5. The van der Waals surface area contributed by atoms with Crippen molar-refractivity contribution >= 4 is 28.8 Å². The van der Waals surface area contributed by atoms with E-state index in [0.29, 0.717) is 17.6 Å². The van der Waals surface area contributed by atoms with Crippen molar-refractivity contribution < 1.29 is 5.11 Å². The molecule has 2 aromatic rings. The summed E-state index contributed by atoms with van der Waals surface area (Å²) in [5.41, 5.74) is -0.342. The highest BCUT2D eigenvalue weighted by molar-refractivity contribution is 7.10. The average Bonchev–Trinajstić information content (AvgIpc) is 2.92. The largest absolute Gasteiger partial charge is 0.393 e. The number of halogens is 1. The van der Waals surface area contributed by atoms with Crippen LogP contribution in [-0.4, -0.2) is 21.2 Å². The van der Waals surface area contributed by atoms with E-state index in [2.05, 4.69) is 15.3 Å². The van der Waals surface area contributed by atoms with Gasteiger partial charge in [0, 0.05) is 4.88 Å². The predicted octanol–water partition coefficient (Wildman–Crippen LogP) is 2.72. The molecule has 7 heteroatoms. The number of hydrogen-bond donors (Lipinski definition) is 3. The number of aliphatic hydroxyl groups excluding tert-OH is 1. The second-order valence-corrected chi connectivity index (χ2v) is 6.69. The maximum absolute atomic E-state index is 11.7. The van der Waals surface area contributed by atoms with Crippen LogP contribution in [0.4, 0.5) is 5.82 Å². The van der Waals surface area contributed by atoms with Crippen molar-refractivity contribution in [3.05, 3.63) is 43.6 Å². The number of nitrogens with one attached hydrogen (secondary N) is 2. The monoisotopic (exact) mass is 325 g/mol. The van der Waals surface area contributed by atoms with Gasteiger partial charge in [-0.3, -0.25) is 4.79 Å². The Morgan fingerprint density at radius 3 is 2.95 bits per heavy atom. The molecule has 0 bridgehead atoms. The predicted molar refractivity (Wildman–Crippen MR) is 84.0 cm³/mol. The van der Waals surface area contributed by atoms with Crippen LogP contribution in [0, 0.1) is 12.8 Å². The average molecular weight is 326 g/mol. The Morgan fingerprint density at radius 2 is 2.33 bits per heavy atom. The summed E-state index contributed by atoms with van der Waals surface area (Å²) >= 11 is 7.69. The van der Waals surface area contributed by atoms with E-state index in [9.17, 15) is 9.90 Å². The van der Waals surface area contributed by atoms with E-state index >= 15 is 0 Å². The molecular weight excluding hydrogens is 310 g/mol. The molecule has 0 unspecified atom stereocenters. The van der Waals surface area contributed by atoms with Crippen LogP contribution in [0.2, 0.25) is 5.02 Å². The van der Waals surface area contributed by atoms with Crippen molar-refractivity contribution in [3.8, 4) is 0 Å². The molecule has 3 rings (SSSR count). The van der Waals surface area contributed by atoms with Crippen molar-refractivity contribution in [2.75, 3.05) is 5.32 Å². The van der Waals surface area contributed by atoms with Gasteiger partial charge in [0.25, 0.3) is 5.56 Å². The smallest absolute Gasteiger partial charge is 0.271 e. The van der Waals surface area contributed by atoms with Crippen molar-refractivity contribution in [2.24, 2.45) is 5.92 Å². The van der Waals surface area contributed by atoms with Crippen molar-refractivity contribution in [2.45, 2.75) is 31.9 Å². The summed E-state index contributed by atoms with van der Waals surface area (Å²) in [6.45, 7) is 1.72. The number of aromatic nitrogens is 2. The molecule has 0 aromatic carbocycles. The molecule has 0 radical (unpaired) electrons. The number of thiophene rings is 1. The molecule has 1 saturated carbocycles. The van der Waals surface area contributed by atoms with Gasteiger partial charge in [0.15, 0.2) is 5.82 Å². The Labute approximate surface area is 131 Å². The molecule has 0 aliphatic heterocycles. The Balaban J connectivity index is 1.90. The first kappa shape index (κ1) is 14.6. The highest BCUT2D eigenvalue weighted by Gasteiger charge is 2.35. The van der Waals surface area contributed by atoms with Gasteiger partial charge in [-0.25, -0.2) is 4.98 Å². The van der Waals surface area contributed by atoms with Crippen LogP contribution in [-0.2, 0) is 0 Å². The van der Waals surface area contributed by atoms with E-state index in [1.807, 2.05) is 17.5 Å². The van der Waals surface area contributed by atoms with E-state index < -0.39 is 0 Å². The first-order chi connectivity index (χ1) is 10.0. The summed E-state index contributed by atoms with van der Waals surface area (Å²) in [4.78, 5) is 19.7. The zero-order valence-corrected chi connectivity index (χ0v) is 13.0. The summed E-state index contributed by atoms with van der Waals surface area (Å²) in [7, 11) is 0. The molecule has 21 heavy (non-hydrogen) atoms. The first-order valence-electron chi connectivity index (χ1n) is 6.79. The molecule has 0 spiro atoms. The molecule has 1 aliphatic carbocycles. The topological polar surface area (TPSA) is 78.0 Å². The minimum atomic E-state index is -0.342. The van der Waals surface area contributed by atoms with E-state index in [4.69, 9.17) is 11.6 Å². The third-order valence-electron chi connectivity index (χ3n) is 3.74. The number of aliphatic hydroxyl groups is 1. The molecule has 0 saturated heterocycles. The van der Waals surface area contributed by atoms with Gasteiger partial charge in [0.1, 0.15) is 10.8 Å². The first-order valence-corrected chi connectivity index (χ1v) is 8.04. The Bertz CT molecular complexity index is 680. The van der Waals surface area contributed by atoms with Crippen LogP contribution < -0.4 is 10.9 Å². The van der Waals surface area contributed by atoms with Gasteiger partial charge < -0.3 is 15.4 Å². The van der Waals surface area contributed by atoms with E-state index in [1.165, 1.54) is 0 Å². The van der Waals surface area contributed by atoms with Gasteiger partial charge in [-0.2, -0.15) is 0 Å². The summed E-state index contributed by atoms with van der Waals surface area (Å²) < 4.78 is 0. The number of rotatable bonds is 4. The molecular formula is C14H16ClN3O2S. The summed E-state index contributed by atoms with van der Waals surface area (Å²) in [5, 5.41) is 14.9.